The Labute approximate surface area is 107 Å². The summed E-state index contributed by atoms with van der Waals surface area (Å²) in [6.45, 7) is 5.88. The molecule has 0 saturated heterocycles. The molecule has 0 amide bonds. The Bertz CT molecular complexity index is 333. The molecule has 0 bridgehead atoms. The summed E-state index contributed by atoms with van der Waals surface area (Å²) in [5.74, 6) is 0.797. The van der Waals surface area contributed by atoms with Gasteiger partial charge in [0.1, 0.15) is 0 Å². The van der Waals surface area contributed by atoms with Gasteiger partial charge >= 0.3 is 0 Å². The Morgan fingerprint density at radius 3 is 2.75 bits per heavy atom. The first-order chi connectivity index (χ1) is 7.83. The van der Waals surface area contributed by atoms with Crippen LogP contribution in [0.5, 0.6) is 0 Å². The fraction of sp³-hybridized carbons (Fsp3) is 0.571. The fourth-order valence-electron chi connectivity index (χ4n) is 2.36. The number of hydrogen-bond donors (Lipinski definition) is 0. The monoisotopic (exact) mass is 281 g/mol. The van der Waals surface area contributed by atoms with Gasteiger partial charge in [0.05, 0.1) is 0 Å². The molecule has 1 unspecified atom stereocenters. The van der Waals surface area contributed by atoms with Gasteiger partial charge in [-0.1, -0.05) is 53.5 Å². The number of benzene rings is 1. The summed E-state index contributed by atoms with van der Waals surface area (Å²) in [6, 6.07) is 8.86. The lowest BCUT2D eigenvalue weighted by molar-refractivity contribution is 0.220. The molecule has 1 aliphatic heterocycles. The van der Waals surface area contributed by atoms with Gasteiger partial charge in [0.15, 0.2) is 0 Å². The van der Waals surface area contributed by atoms with E-state index in [1.54, 1.807) is 5.56 Å². The van der Waals surface area contributed by atoms with Crippen molar-refractivity contribution in [2.45, 2.75) is 26.3 Å². The van der Waals surface area contributed by atoms with Gasteiger partial charge in [-0.25, -0.2) is 0 Å². The van der Waals surface area contributed by atoms with Gasteiger partial charge in [0.25, 0.3) is 0 Å². The van der Waals surface area contributed by atoms with Crippen LogP contribution in [-0.2, 0) is 13.0 Å². The van der Waals surface area contributed by atoms with Crippen LogP contribution < -0.4 is 0 Å². The average molecular weight is 282 g/mol. The Kier molecular flexibility index (Phi) is 4.42. The molecule has 0 aromatic heterocycles. The molecule has 1 aliphatic rings. The quantitative estimate of drug-likeness (QED) is 0.764. The average Bonchev–Trinajstić information content (AvgIpc) is 2.35. The third-order valence-corrected chi connectivity index (χ3v) is 4.44. The molecular formula is C14H20BrN. The van der Waals surface area contributed by atoms with Crippen molar-refractivity contribution in [1.82, 2.24) is 4.90 Å². The Hall–Kier alpha value is -0.340. The zero-order chi connectivity index (χ0) is 11.4. The molecule has 0 fully saturated rings. The van der Waals surface area contributed by atoms with Gasteiger partial charge in [0, 0.05) is 25.0 Å². The van der Waals surface area contributed by atoms with E-state index in [2.05, 4.69) is 52.0 Å². The van der Waals surface area contributed by atoms with Gasteiger partial charge in [-0.2, -0.15) is 0 Å². The van der Waals surface area contributed by atoms with Crippen molar-refractivity contribution in [3.05, 3.63) is 35.4 Å². The number of nitrogens with zero attached hydrogens (tertiary/aromatic N) is 1. The molecular weight excluding hydrogens is 262 g/mol. The van der Waals surface area contributed by atoms with Crippen molar-refractivity contribution in [1.29, 1.82) is 0 Å². The highest BCUT2D eigenvalue weighted by molar-refractivity contribution is 9.09. The summed E-state index contributed by atoms with van der Waals surface area (Å²) in [5.41, 5.74) is 3.07. The molecule has 16 heavy (non-hydrogen) atoms. The van der Waals surface area contributed by atoms with Crippen LogP contribution in [0.4, 0.5) is 0 Å². The normalized spacial score (nSPS) is 18.1. The Morgan fingerprint density at radius 2 is 2.06 bits per heavy atom. The van der Waals surface area contributed by atoms with Crippen molar-refractivity contribution < 1.29 is 0 Å². The minimum atomic E-state index is 0.797. The zero-order valence-electron chi connectivity index (χ0n) is 9.95. The molecule has 2 heteroatoms. The SMILES string of the molecule is CCC(CBr)CN1CCc2ccccc2C1. The topological polar surface area (TPSA) is 3.24 Å². The highest BCUT2D eigenvalue weighted by atomic mass is 79.9. The molecule has 0 radical (unpaired) electrons. The lowest BCUT2D eigenvalue weighted by Gasteiger charge is -2.31. The molecule has 1 heterocycles. The first-order valence-corrected chi connectivity index (χ1v) is 7.30. The highest BCUT2D eigenvalue weighted by Crippen LogP contribution is 2.20. The van der Waals surface area contributed by atoms with Gasteiger partial charge in [-0.15, -0.1) is 0 Å². The molecule has 0 saturated carbocycles. The van der Waals surface area contributed by atoms with E-state index >= 15 is 0 Å². The molecule has 2 rings (SSSR count). The standard InChI is InChI=1S/C14H20BrN/c1-2-12(9-15)10-16-8-7-13-5-3-4-6-14(13)11-16/h3-6,12H,2,7-11H2,1H3. The maximum absolute atomic E-state index is 3.61. The van der Waals surface area contributed by atoms with Crippen LogP contribution in [0.15, 0.2) is 24.3 Å². The van der Waals surface area contributed by atoms with E-state index in [1.807, 2.05) is 0 Å². The van der Waals surface area contributed by atoms with E-state index < -0.39 is 0 Å². The van der Waals surface area contributed by atoms with Crippen molar-refractivity contribution in [2.75, 3.05) is 18.4 Å². The zero-order valence-corrected chi connectivity index (χ0v) is 11.5. The highest BCUT2D eigenvalue weighted by Gasteiger charge is 2.17. The molecule has 0 spiro atoms. The van der Waals surface area contributed by atoms with Crippen LogP contribution in [0.2, 0.25) is 0 Å². The second-order valence-electron chi connectivity index (χ2n) is 4.68. The van der Waals surface area contributed by atoms with Crippen molar-refractivity contribution >= 4 is 15.9 Å². The predicted molar refractivity (Wildman–Crippen MR) is 73.0 cm³/mol. The van der Waals surface area contributed by atoms with Crippen molar-refractivity contribution in [3.63, 3.8) is 0 Å². The van der Waals surface area contributed by atoms with E-state index in [9.17, 15) is 0 Å². The summed E-state index contributed by atoms with van der Waals surface area (Å²) in [7, 11) is 0. The van der Waals surface area contributed by atoms with Gasteiger partial charge in [0.2, 0.25) is 0 Å². The molecule has 1 nitrogen and oxygen atoms in total. The van der Waals surface area contributed by atoms with Crippen LogP contribution in [0.1, 0.15) is 24.5 Å². The van der Waals surface area contributed by atoms with E-state index in [1.165, 1.54) is 31.5 Å². The predicted octanol–water partition coefficient (Wildman–Crippen LogP) is 3.47. The summed E-state index contributed by atoms with van der Waals surface area (Å²) >= 11 is 3.61. The van der Waals surface area contributed by atoms with Crippen molar-refractivity contribution in [2.24, 2.45) is 5.92 Å². The lowest BCUT2D eigenvalue weighted by atomic mass is 9.98. The van der Waals surface area contributed by atoms with E-state index in [0.29, 0.717) is 0 Å². The Morgan fingerprint density at radius 1 is 1.31 bits per heavy atom. The summed E-state index contributed by atoms with van der Waals surface area (Å²) < 4.78 is 0. The second-order valence-corrected chi connectivity index (χ2v) is 5.33. The van der Waals surface area contributed by atoms with E-state index in [-0.39, 0.29) is 0 Å². The summed E-state index contributed by atoms with van der Waals surface area (Å²) in [6.07, 6.45) is 2.48. The summed E-state index contributed by atoms with van der Waals surface area (Å²) in [4.78, 5) is 2.60. The summed E-state index contributed by atoms with van der Waals surface area (Å²) in [5, 5.41) is 1.13. The first kappa shape index (κ1) is 12.1. The minimum absolute atomic E-state index is 0.797. The lowest BCUT2D eigenvalue weighted by Crippen LogP contribution is -2.34. The third kappa shape index (κ3) is 2.86. The maximum Gasteiger partial charge on any atom is 0.0236 e. The minimum Gasteiger partial charge on any atom is -0.298 e. The second kappa shape index (κ2) is 5.83. The fourth-order valence-corrected chi connectivity index (χ4v) is 3.02. The van der Waals surface area contributed by atoms with Crippen LogP contribution in [0, 0.1) is 5.92 Å². The third-order valence-electron chi connectivity index (χ3n) is 3.52. The Balaban J connectivity index is 1.97. The van der Waals surface area contributed by atoms with Crippen LogP contribution >= 0.6 is 15.9 Å². The number of hydrogen-bond acceptors (Lipinski definition) is 1. The largest absolute Gasteiger partial charge is 0.298 e. The molecule has 0 N–H and O–H groups in total. The van der Waals surface area contributed by atoms with Crippen LogP contribution in [0.25, 0.3) is 0 Å². The number of alkyl halides is 1. The van der Waals surface area contributed by atoms with Crippen LogP contribution in [-0.4, -0.2) is 23.3 Å². The molecule has 1 atom stereocenters. The van der Waals surface area contributed by atoms with E-state index in [4.69, 9.17) is 0 Å². The molecule has 88 valence electrons. The number of fused-ring (bicyclic) bond motifs is 1. The number of rotatable bonds is 4. The van der Waals surface area contributed by atoms with Crippen molar-refractivity contribution in [3.8, 4) is 0 Å². The van der Waals surface area contributed by atoms with Gasteiger partial charge < -0.3 is 0 Å². The molecule has 0 aliphatic carbocycles. The molecule has 1 aromatic rings. The van der Waals surface area contributed by atoms with Crippen LogP contribution in [0.3, 0.4) is 0 Å². The smallest absolute Gasteiger partial charge is 0.0236 e. The maximum atomic E-state index is 3.61. The van der Waals surface area contributed by atoms with E-state index in [0.717, 1.165) is 17.8 Å². The van der Waals surface area contributed by atoms with Gasteiger partial charge in [-0.05, 0) is 23.5 Å². The first-order valence-electron chi connectivity index (χ1n) is 6.18. The molecule has 1 aromatic carbocycles. The number of halogens is 1. The van der Waals surface area contributed by atoms with Gasteiger partial charge in [-0.3, -0.25) is 4.90 Å².